The van der Waals surface area contributed by atoms with E-state index >= 15 is 0 Å². The maximum atomic E-state index is 5.56. The van der Waals surface area contributed by atoms with Crippen molar-refractivity contribution in [3.8, 4) is 0 Å². The van der Waals surface area contributed by atoms with Gasteiger partial charge >= 0.3 is 0 Å². The molecule has 0 radical (unpaired) electrons. The summed E-state index contributed by atoms with van der Waals surface area (Å²) in [4.78, 5) is 0. The van der Waals surface area contributed by atoms with E-state index in [1.54, 1.807) is 11.3 Å². The second kappa shape index (κ2) is 1.74. The molecule has 1 aromatic rings. The summed E-state index contributed by atoms with van der Waals surface area (Å²) in [7, 11) is 0. The van der Waals surface area contributed by atoms with Gasteiger partial charge in [-0.25, -0.2) is 0 Å². The van der Waals surface area contributed by atoms with Gasteiger partial charge in [0, 0.05) is 0 Å². The minimum absolute atomic E-state index is 0.860. The van der Waals surface area contributed by atoms with Crippen molar-refractivity contribution >= 4 is 16.3 Å². The number of nitrogen functional groups attached to an aromatic ring is 1. The van der Waals surface area contributed by atoms with Crippen LogP contribution in [0, 0.1) is 0 Å². The smallest absolute Gasteiger partial charge is 0.0859 e. The van der Waals surface area contributed by atoms with Crippen molar-refractivity contribution in [1.82, 2.24) is 0 Å². The number of hydrogen-bond acceptors (Lipinski definition) is 2. The molecule has 0 atom stereocenters. The molecule has 1 saturated carbocycles. The molecule has 1 nitrogen and oxygen atoms in total. The van der Waals surface area contributed by atoms with Gasteiger partial charge in [0.25, 0.3) is 0 Å². The van der Waals surface area contributed by atoms with Crippen molar-refractivity contribution in [3.63, 3.8) is 0 Å². The topological polar surface area (TPSA) is 26.0 Å². The standard InChI is InChI=1S/C7H9NS/c8-7-3-6(4-9-7)5-1-2-5/h3-5H,1-2,8H2. The summed E-state index contributed by atoms with van der Waals surface area (Å²) in [6.45, 7) is 0. The van der Waals surface area contributed by atoms with E-state index in [9.17, 15) is 0 Å². The van der Waals surface area contributed by atoms with E-state index in [-0.39, 0.29) is 0 Å². The average Bonchev–Trinajstić information content (AvgIpc) is 2.58. The summed E-state index contributed by atoms with van der Waals surface area (Å²) in [6.07, 6.45) is 2.74. The molecule has 48 valence electrons. The molecule has 9 heavy (non-hydrogen) atoms. The van der Waals surface area contributed by atoms with E-state index in [0.717, 1.165) is 10.9 Å². The van der Waals surface area contributed by atoms with Gasteiger partial charge in [0.2, 0.25) is 0 Å². The predicted octanol–water partition coefficient (Wildman–Crippen LogP) is 2.21. The number of thiophene rings is 1. The quantitative estimate of drug-likeness (QED) is 0.634. The summed E-state index contributed by atoms with van der Waals surface area (Å²) in [5.74, 6) is 0.860. The van der Waals surface area contributed by atoms with E-state index in [1.807, 2.05) is 0 Å². The Morgan fingerprint density at radius 1 is 1.56 bits per heavy atom. The van der Waals surface area contributed by atoms with Gasteiger partial charge in [-0.2, -0.15) is 0 Å². The molecular weight excluding hydrogens is 130 g/mol. The van der Waals surface area contributed by atoms with Crippen molar-refractivity contribution in [1.29, 1.82) is 0 Å². The zero-order chi connectivity index (χ0) is 6.27. The van der Waals surface area contributed by atoms with Crippen molar-refractivity contribution in [2.45, 2.75) is 18.8 Å². The van der Waals surface area contributed by atoms with E-state index in [2.05, 4.69) is 11.4 Å². The molecular formula is C7H9NS. The lowest BCUT2D eigenvalue weighted by Crippen LogP contribution is -1.75. The summed E-state index contributed by atoms with van der Waals surface area (Å²) >= 11 is 1.65. The molecule has 0 spiro atoms. The maximum absolute atomic E-state index is 5.56. The van der Waals surface area contributed by atoms with Crippen molar-refractivity contribution in [3.05, 3.63) is 17.0 Å². The van der Waals surface area contributed by atoms with Crippen molar-refractivity contribution in [2.24, 2.45) is 0 Å². The van der Waals surface area contributed by atoms with Gasteiger partial charge in [-0.1, -0.05) is 0 Å². The molecule has 1 aliphatic rings. The number of nitrogens with two attached hydrogens (primary N) is 1. The largest absolute Gasteiger partial charge is 0.391 e. The Labute approximate surface area is 58.5 Å². The molecule has 0 saturated heterocycles. The Balaban J connectivity index is 2.28. The highest BCUT2D eigenvalue weighted by molar-refractivity contribution is 7.14. The summed E-state index contributed by atoms with van der Waals surface area (Å²) in [5, 5.41) is 3.13. The molecule has 1 aromatic heterocycles. The van der Waals surface area contributed by atoms with Crippen LogP contribution in [0.15, 0.2) is 11.4 Å². The van der Waals surface area contributed by atoms with Crippen LogP contribution in [0.5, 0.6) is 0 Å². The van der Waals surface area contributed by atoms with Crippen molar-refractivity contribution < 1.29 is 0 Å². The van der Waals surface area contributed by atoms with Gasteiger partial charge in [0.1, 0.15) is 0 Å². The molecule has 0 aliphatic heterocycles. The number of hydrogen-bond donors (Lipinski definition) is 1. The fourth-order valence-corrected chi connectivity index (χ4v) is 1.74. The summed E-state index contributed by atoms with van der Waals surface area (Å²) in [6, 6.07) is 2.10. The zero-order valence-corrected chi connectivity index (χ0v) is 5.95. The van der Waals surface area contributed by atoms with E-state index < -0.39 is 0 Å². The van der Waals surface area contributed by atoms with Crippen LogP contribution in [-0.4, -0.2) is 0 Å². The van der Waals surface area contributed by atoms with Gasteiger partial charge in [-0.15, -0.1) is 11.3 Å². The van der Waals surface area contributed by atoms with Crippen LogP contribution >= 0.6 is 11.3 Å². The van der Waals surface area contributed by atoms with E-state index in [4.69, 9.17) is 5.73 Å². The van der Waals surface area contributed by atoms with Crippen LogP contribution < -0.4 is 5.73 Å². The van der Waals surface area contributed by atoms with Crippen LogP contribution in [0.2, 0.25) is 0 Å². The fraction of sp³-hybridized carbons (Fsp3) is 0.429. The molecule has 1 heterocycles. The normalized spacial score (nSPS) is 18.2. The lowest BCUT2D eigenvalue weighted by Gasteiger charge is -1.83. The average molecular weight is 139 g/mol. The summed E-state index contributed by atoms with van der Waals surface area (Å²) < 4.78 is 0. The Morgan fingerprint density at radius 2 is 2.33 bits per heavy atom. The zero-order valence-electron chi connectivity index (χ0n) is 5.13. The minimum Gasteiger partial charge on any atom is -0.391 e. The number of rotatable bonds is 1. The Kier molecular flexibility index (Phi) is 1.02. The summed E-state index contributed by atoms with van der Waals surface area (Å²) in [5.41, 5.74) is 7.02. The van der Waals surface area contributed by atoms with Gasteiger partial charge in [-0.05, 0) is 35.8 Å². The molecule has 0 unspecified atom stereocenters. The first-order valence-corrected chi connectivity index (χ1v) is 4.08. The highest BCUT2D eigenvalue weighted by Crippen LogP contribution is 2.42. The Bertz CT molecular complexity index is 212. The second-order valence-corrected chi connectivity index (χ2v) is 3.50. The lowest BCUT2D eigenvalue weighted by molar-refractivity contribution is 1.15. The molecule has 2 rings (SSSR count). The van der Waals surface area contributed by atoms with Gasteiger partial charge in [0.05, 0.1) is 5.00 Å². The van der Waals surface area contributed by atoms with Gasteiger partial charge < -0.3 is 5.73 Å². The third kappa shape index (κ3) is 0.944. The van der Waals surface area contributed by atoms with Gasteiger partial charge in [-0.3, -0.25) is 0 Å². The van der Waals surface area contributed by atoms with Gasteiger partial charge in [0.15, 0.2) is 0 Å². The highest BCUT2D eigenvalue weighted by atomic mass is 32.1. The molecule has 0 amide bonds. The Morgan fingerprint density at radius 3 is 2.78 bits per heavy atom. The van der Waals surface area contributed by atoms with Crippen LogP contribution in [0.25, 0.3) is 0 Å². The predicted molar refractivity (Wildman–Crippen MR) is 40.7 cm³/mol. The first kappa shape index (κ1) is 5.30. The molecule has 2 N–H and O–H groups in total. The lowest BCUT2D eigenvalue weighted by atomic mass is 10.2. The number of anilines is 1. The first-order chi connectivity index (χ1) is 4.36. The second-order valence-electron chi connectivity index (χ2n) is 2.56. The highest BCUT2D eigenvalue weighted by Gasteiger charge is 2.23. The molecule has 0 bridgehead atoms. The third-order valence-corrected chi connectivity index (χ3v) is 2.47. The van der Waals surface area contributed by atoms with Crippen LogP contribution in [0.4, 0.5) is 5.00 Å². The molecule has 2 heteroatoms. The van der Waals surface area contributed by atoms with Crippen LogP contribution in [0.1, 0.15) is 24.3 Å². The molecule has 1 fully saturated rings. The monoisotopic (exact) mass is 139 g/mol. The van der Waals surface area contributed by atoms with Crippen LogP contribution in [0.3, 0.4) is 0 Å². The first-order valence-electron chi connectivity index (χ1n) is 3.20. The van der Waals surface area contributed by atoms with Crippen LogP contribution in [-0.2, 0) is 0 Å². The third-order valence-electron chi connectivity index (χ3n) is 1.69. The van der Waals surface area contributed by atoms with E-state index in [1.165, 1.54) is 18.4 Å². The fourth-order valence-electron chi connectivity index (χ4n) is 0.999. The molecule has 1 aliphatic carbocycles. The minimum atomic E-state index is 0.860. The van der Waals surface area contributed by atoms with E-state index in [0.29, 0.717) is 0 Å². The van der Waals surface area contributed by atoms with Crippen molar-refractivity contribution in [2.75, 3.05) is 5.73 Å². The Hall–Kier alpha value is -0.500. The molecule has 0 aromatic carbocycles. The maximum Gasteiger partial charge on any atom is 0.0859 e. The SMILES string of the molecule is Nc1cc(C2CC2)cs1.